The quantitative estimate of drug-likeness (QED) is 0.132. The summed E-state index contributed by atoms with van der Waals surface area (Å²) in [6.07, 6.45) is -4.46. The molecular formula is C36H27F3N2O4. The number of amides is 2. The molecule has 0 heterocycles. The zero-order chi connectivity index (χ0) is 31.8. The molecule has 0 aromatic heterocycles. The molecule has 9 heteroatoms. The van der Waals surface area contributed by atoms with Crippen LogP contribution in [0.5, 0.6) is 0 Å². The zero-order valence-corrected chi connectivity index (χ0v) is 23.8. The minimum absolute atomic E-state index is 0.0443. The normalized spacial score (nSPS) is 11.0. The van der Waals surface area contributed by atoms with Crippen LogP contribution in [0.4, 0.5) is 18.9 Å². The van der Waals surface area contributed by atoms with E-state index in [0.29, 0.717) is 22.4 Å². The van der Waals surface area contributed by atoms with E-state index < -0.39 is 23.6 Å². The molecule has 0 saturated heterocycles. The van der Waals surface area contributed by atoms with Crippen LogP contribution < -0.4 is 10.6 Å². The van der Waals surface area contributed by atoms with Gasteiger partial charge < -0.3 is 15.4 Å². The standard InChI is InChI=1S/C36H27F3N2O4/c37-36(38,39)27-18-14-25(15-19-27)30-11-5-7-13-32(30)34(43)41-28-20-16-26(17-21-28)35(44)45-23-22-40-33(42)31-12-6-4-10-29(31)24-8-2-1-3-9-24/h1-21H,22-23H2,(H,40,42)(H,41,43). The molecule has 0 unspecified atom stereocenters. The third-order valence-electron chi connectivity index (χ3n) is 6.95. The van der Waals surface area contributed by atoms with Crippen LogP contribution in [-0.2, 0) is 10.9 Å². The van der Waals surface area contributed by atoms with Crippen LogP contribution in [0.3, 0.4) is 0 Å². The second-order valence-electron chi connectivity index (χ2n) is 9.96. The molecule has 0 spiro atoms. The summed E-state index contributed by atoms with van der Waals surface area (Å²) in [5, 5.41) is 5.52. The molecule has 2 N–H and O–H groups in total. The van der Waals surface area contributed by atoms with Gasteiger partial charge >= 0.3 is 12.1 Å². The molecule has 0 fully saturated rings. The molecule has 5 aromatic rings. The molecule has 0 aliphatic rings. The van der Waals surface area contributed by atoms with Crippen molar-refractivity contribution in [1.29, 1.82) is 0 Å². The summed E-state index contributed by atoms with van der Waals surface area (Å²) in [7, 11) is 0. The van der Waals surface area contributed by atoms with Crippen LogP contribution in [-0.4, -0.2) is 30.9 Å². The molecule has 5 aromatic carbocycles. The highest BCUT2D eigenvalue weighted by atomic mass is 19.4. The van der Waals surface area contributed by atoms with Crippen LogP contribution in [0.1, 0.15) is 36.6 Å². The fraction of sp³-hybridized carbons (Fsp3) is 0.0833. The van der Waals surface area contributed by atoms with E-state index in [4.69, 9.17) is 4.74 Å². The molecule has 45 heavy (non-hydrogen) atoms. The van der Waals surface area contributed by atoms with Crippen molar-refractivity contribution >= 4 is 23.5 Å². The lowest BCUT2D eigenvalue weighted by atomic mass is 9.98. The smallest absolute Gasteiger partial charge is 0.416 e. The Morgan fingerprint density at radius 2 is 1.13 bits per heavy atom. The second-order valence-corrected chi connectivity index (χ2v) is 9.96. The first-order chi connectivity index (χ1) is 21.7. The third-order valence-corrected chi connectivity index (χ3v) is 6.95. The second kappa shape index (κ2) is 13.7. The molecule has 0 aliphatic heterocycles. The zero-order valence-electron chi connectivity index (χ0n) is 23.8. The number of anilines is 1. The minimum Gasteiger partial charge on any atom is -0.460 e. The Labute approximate surface area is 257 Å². The Morgan fingerprint density at radius 3 is 1.73 bits per heavy atom. The molecule has 6 nitrogen and oxygen atoms in total. The molecule has 2 amide bonds. The van der Waals surface area contributed by atoms with Gasteiger partial charge in [-0.25, -0.2) is 4.79 Å². The summed E-state index contributed by atoms with van der Waals surface area (Å²) in [4.78, 5) is 38.4. The number of benzene rings is 5. The average Bonchev–Trinajstić information content (AvgIpc) is 3.07. The summed E-state index contributed by atoms with van der Waals surface area (Å²) in [5.74, 6) is -1.35. The third kappa shape index (κ3) is 7.64. The van der Waals surface area contributed by atoms with Gasteiger partial charge in [0.25, 0.3) is 11.8 Å². The number of alkyl halides is 3. The summed E-state index contributed by atoms with van der Waals surface area (Å²) in [6.45, 7) is 0.0669. The number of rotatable bonds is 9. The van der Waals surface area contributed by atoms with E-state index in [9.17, 15) is 27.6 Å². The Balaban J connectivity index is 1.15. The maximum absolute atomic E-state index is 13.1. The van der Waals surface area contributed by atoms with Crippen LogP contribution in [0.2, 0.25) is 0 Å². The van der Waals surface area contributed by atoms with Gasteiger partial charge in [0.1, 0.15) is 6.61 Å². The van der Waals surface area contributed by atoms with Crippen molar-refractivity contribution in [2.24, 2.45) is 0 Å². The van der Waals surface area contributed by atoms with Crippen molar-refractivity contribution in [2.75, 3.05) is 18.5 Å². The van der Waals surface area contributed by atoms with Crippen molar-refractivity contribution in [3.8, 4) is 22.3 Å². The fourth-order valence-electron chi connectivity index (χ4n) is 4.70. The summed E-state index contributed by atoms with van der Waals surface area (Å²) >= 11 is 0. The molecule has 226 valence electrons. The van der Waals surface area contributed by atoms with Gasteiger partial charge in [0, 0.05) is 16.8 Å². The maximum atomic E-state index is 13.1. The summed E-state index contributed by atoms with van der Waals surface area (Å²) in [5.41, 5.74) is 3.30. The first kappa shape index (κ1) is 30.7. The van der Waals surface area contributed by atoms with E-state index in [-0.39, 0.29) is 30.2 Å². The molecule has 0 saturated carbocycles. The SMILES string of the molecule is O=C(OCCNC(=O)c1ccccc1-c1ccccc1)c1ccc(NC(=O)c2ccccc2-c2ccc(C(F)(F)F)cc2)cc1. The van der Waals surface area contributed by atoms with Crippen molar-refractivity contribution in [1.82, 2.24) is 5.32 Å². The number of hydrogen-bond donors (Lipinski definition) is 2. The van der Waals surface area contributed by atoms with Gasteiger partial charge in [0.15, 0.2) is 0 Å². The van der Waals surface area contributed by atoms with E-state index in [1.807, 2.05) is 42.5 Å². The highest BCUT2D eigenvalue weighted by molar-refractivity contribution is 6.09. The highest BCUT2D eigenvalue weighted by Gasteiger charge is 2.30. The van der Waals surface area contributed by atoms with Gasteiger partial charge in [-0.05, 0) is 70.8 Å². The predicted octanol–water partition coefficient (Wildman–Crippen LogP) is 7.88. The van der Waals surface area contributed by atoms with Crippen LogP contribution >= 0.6 is 0 Å². The summed E-state index contributed by atoms with van der Waals surface area (Å²) in [6, 6.07) is 34.0. The largest absolute Gasteiger partial charge is 0.460 e. The van der Waals surface area contributed by atoms with E-state index in [0.717, 1.165) is 23.3 Å². The number of ether oxygens (including phenoxy) is 1. The monoisotopic (exact) mass is 608 g/mol. The Bertz CT molecular complexity index is 1800. The Morgan fingerprint density at radius 1 is 0.600 bits per heavy atom. The number of carbonyl (C=O) groups is 3. The number of nitrogens with one attached hydrogen (secondary N) is 2. The summed E-state index contributed by atoms with van der Waals surface area (Å²) < 4.78 is 44.2. The van der Waals surface area contributed by atoms with Crippen LogP contribution in [0.15, 0.2) is 127 Å². The fourth-order valence-corrected chi connectivity index (χ4v) is 4.70. The molecule has 0 aliphatic carbocycles. The Kier molecular flexibility index (Phi) is 9.38. The van der Waals surface area contributed by atoms with Gasteiger partial charge in [-0.2, -0.15) is 13.2 Å². The maximum Gasteiger partial charge on any atom is 0.416 e. The van der Waals surface area contributed by atoms with Gasteiger partial charge in [0.05, 0.1) is 17.7 Å². The molecule has 0 radical (unpaired) electrons. The van der Waals surface area contributed by atoms with Crippen LogP contribution in [0, 0.1) is 0 Å². The minimum atomic E-state index is -4.46. The number of esters is 1. The van der Waals surface area contributed by atoms with E-state index in [2.05, 4.69) is 10.6 Å². The molecule has 0 bridgehead atoms. The number of carbonyl (C=O) groups excluding carboxylic acids is 3. The molecule has 5 rings (SSSR count). The number of halogens is 3. The lowest BCUT2D eigenvalue weighted by Gasteiger charge is -2.12. The van der Waals surface area contributed by atoms with Gasteiger partial charge in [0.2, 0.25) is 0 Å². The van der Waals surface area contributed by atoms with Crippen molar-refractivity contribution in [3.05, 3.63) is 150 Å². The highest BCUT2D eigenvalue weighted by Crippen LogP contribution is 2.32. The lowest BCUT2D eigenvalue weighted by Crippen LogP contribution is -2.28. The average molecular weight is 609 g/mol. The topological polar surface area (TPSA) is 84.5 Å². The van der Waals surface area contributed by atoms with Gasteiger partial charge in [-0.15, -0.1) is 0 Å². The van der Waals surface area contributed by atoms with Crippen LogP contribution in [0.25, 0.3) is 22.3 Å². The Hall–Kier alpha value is -5.70. The van der Waals surface area contributed by atoms with E-state index in [1.54, 1.807) is 36.4 Å². The molecular weight excluding hydrogens is 581 g/mol. The van der Waals surface area contributed by atoms with Crippen molar-refractivity contribution in [2.45, 2.75) is 6.18 Å². The van der Waals surface area contributed by atoms with Gasteiger partial charge in [-0.3, -0.25) is 9.59 Å². The predicted molar refractivity (Wildman–Crippen MR) is 166 cm³/mol. The first-order valence-electron chi connectivity index (χ1n) is 14.0. The van der Waals surface area contributed by atoms with E-state index >= 15 is 0 Å². The first-order valence-corrected chi connectivity index (χ1v) is 14.0. The lowest BCUT2D eigenvalue weighted by molar-refractivity contribution is -0.137. The van der Waals surface area contributed by atoms with Gasteiger partial charge in [-0.1, -0.05) is 78.9 Å². The van der Waals surface area contributed by atoms with E-state index in [1.165, 1.54) is 36.4 Å². The van der Waals surface area contributed by atoms with Crippen molar-refractivity contribution < 1.29 is 32.3 Å². The molecule has 0 atom stereocenters. The number of hydrogen-bond acceptors (Lipinski definition) is 4. The van der Waals surface area contributed by atoms with Crippen molar-refractivity contribution in [3.63, 3.8) is 0 Å².